The lowest BCUT2D eigenvalue weighted by atomic mass is 9.92. The van der Waals surface area contributed by atoms with Crippen molar-refractivity contribution >= 4 is 33.6 Å². The summed E-state index contributed by atoms with van der Waals surface area (Å²) in [6, 6.07) is 0. The lowest BCUT2D eigenvalue weighted by Crippen LogP contribution is -2.39. The van der Waals surface area contributed by atoms with Crippen molar-refractivity contribution in [3.8, 4) is 0 Å². The number of amides is 1. The molecule has 5 N–H and O–H groups in total. The van der Waals surface area contributed by atoms with Crippen molar-refractivity contribution in [3.63, 3.8) is 0 Å². The average Bonchev–Trinajstić information content (AvgIpc) is 3.05. The van der Waals surface area contributed by atoms with Gasteiger partial charge < -0.3 is 30.5 Å². The summed E-state index contributed by atoms with van der Waals surface area (Å²) in [6.07, 6.45) is 16.2. The number of alkyl halides is 1. The summed E-state index contributed by atoms with van der Waals surface area (Å²) in [6.45, 7) is 8.51. The zero-order valence-corrected chi connectivity index (χ0v) is 32.1. The van der Waals surface area contributed by atoms with Crippen molar-refractivity contribution < 1.29 is 39.5 Å². The number of aliphatic carboxylic acids is 1. The minimum absolute atomic E-state index is 0.0163. The molecule has 0 aromatic rings. The van der Waals surface area contributed by atoms with Gasteiger partial charge in [-0.05, 0) is 68.8 Å². The van der Waals surface area contributed by atoms with E-state index in [4.69, 9.17) is 9.84 Å². The van der Waals surface area contributed by atoms with Gasteiger partial charge in [0.25, 0.3) is 0 Å². The van der Waals surface area contributed by atoms with Gasteiger partial charge in [-0.1, -0.05) is 100 Å². The molecule has 7 atom stereocenters. The Hall–Kier alpha value is -1.59. The van der Waals surface area contributed by atoms with Crippen LogP contribution in [0.2, 0.25) is 0 Å². The van der Waals surface area contributed by atoms with Crippen LogP contribution < -0.4 is 5.32 Å². The predicted octanol–water partition coefficient (Wildman–Crippen LogP) is 7.29. The number of halogens is 1. The maximum Gasteiger partial charge on any atom is 0.306 e. The number of carbonyl (C=O) groups excluding carboxylic acids is 2. The summed E-state index contributed by atoms with van der Waals surface area (Å²) in [7, 11) is 1.61. The summed E-state index contributed by atoms with van der Waals surface area (Å²) in [5.41, 5.74) is 0.979. The zero-order valence-electron chi connectivity index (χ0n) is 30.5. The van der Waals surface area contributed by atoms with E-state index in [-0.39, 0.29) is 29.6 Å². The van der Waals surface area contributed by atoms with Crippen LogP contribution in [-0.4, -0.2) is 81.5 Å². The number of Topliss-reactive ketones (excluding diaryl/α,β-unsaturated/α-hetero) is 1. The van der Waals surface area contributed by atoms with Crippen LogP contribution in [0, 0.1) is 17.8 Å². The normalized spacial score (nSPS) is 16.6. The molecule has 1 amide bonds. The number of carboxylic acids is 1. The highest BCUT2D eigenvalue weighted by Crippen LogP contribution is 2.20. The molecule has 0 aromatic heterocycles. The minimum Gasteiger partial charge on any atom is -0.481 e. The topological polar surface area (TPSA) is 153 Å². The van der Waals surface area contributed by atoms with E-state index in [1.54, 1.807) is 14.0 Å². The van der Waals surface area contributed by atoms with Crippen LogP contribution >= 0.6 is 15.9 Å². The smallest absolute Gasteiger partial charge is 0.306 e. The van der Waals surface area contributed by atoms with Crippen LogP contribution in [0.25, 0.3) is 0 Å². The number of ether oxygens (including phenoxy) is 1. The van der Waals surface area contributed by atoms with Crippen molar-refractivity contribution in [2.75, 3.05) is 20.3 Å². The maximum atomic E-state index is 12.4. The van der Waals surface area contributed by atoms with Crippen molar-refractivity contribution in [1.29, 1.82) is 0 Å². The second-order valence-electron chi connectivity index (χ2n) is 13.7. The van der Waals surface area contributed by atoms with E-state index in [0.717, 1.165) is 76.2 Å². The highest BCUT2D eigenvalue weighted by atomic mass is 79.9. The Bertz CT molecular complexity index is 926. The highest BCUT2D eigenvalue weighted by molar-refractivity contribution is 9.10. The summed E-state index contributed by atoms with van der Waals surface area (Å²) in [5.74, 6) is -0.262. The molecule has 0 bridgehead atoms. The van der Waals surface area contributed by atoms with E-state index >= 15 is 0 Å². The average molecular weight is 747 g/mol. The number of hydrogen-bond acceptors (Lipinski definition) is 7. The molecular weight excluding hydrogens is 678 g/mol. The molecule has 0 aliphatic heterocycles. The molecule has 0 aliphatic carbocycles. The molecule has 10 heteroatoms. The highest BCUT2D eigenvalue weighted by Gasteiger charge is 2.22. The summed E-state index contributed by atoms with van der Waals surface area (Å²) in [5, 5.41) is 43.1. The zero-order chi connectivity index (χ0) is 36.3. The summed E-state index contributed by atoms with van der Waals surface area (Å²) >= 11 is 3.41. The maximum absolute atomic E-state index is 12.4. The van der Waals surface area contributed by atoms with Crippen LogP contribution in [0.15, 0.2) is 23.8 Å². The summed E-state index contributed by atoms with van der Waals surface area (Å²) in [4.78, 5) is 35.3. The number of hydrogen-bond donors (Lipinski definition) is 5. The molecule has 280 valence electrons. The first-order valence-corrected chi connectivity index (χ1v) is 19.3. The Labute approximate surface area is 299 Å². The van der Waals surface area contributed by atoms with Gasteiger partial charge in [0.05, 0.1) is 35.7 Å². The van der Waals surface area contributed by atoms with Gasteiger partial charge in [0.2, 0.25) is 5.91 Å². The summed E-state index contributed by atoms with van der Waals surface area (Å²) < 4.78 is 5.33. The number of allylic oxidation sites excluding steroid dienone is 3. The number of ketones is 1. The van der Waals surface area contributed by atoms with E-state index < -0.39 is 24.3 Å². The quantitative estimate of drug-likeness (QED) is 0.0282. The fourth-order valence-corrected chi connectivity index (χ4v) is 6.24. The molecule has 0 aliphatic rings. The van der Waals surface area contributed by atoms with Gasteiger partial charge in [-0.2, -0.15) is 0 Å². The number of aliphatic hydroxyl groups excluding tert-OH is 3. The number of unbranched alkanes of at least 4 members (excludes halogenated alkanes) is 4. The number of nitrogens with one attached hydrogen (secondary N) is 1. The van der Waals surface area contributed by atoms with E-state index in [1.165, 1.54) is 0 Å². The lowest BCUT2D eigenvalue weighted by molar-refractivity contribution is -0.141. The van der Waals surface area contributed by atoms with Crippen LogP contribution in [0.3, 0.4) is 0 Å². The van der Waals surface area contributed by atoms with Crippen LogP contribution in [0.4, 0.5) is 0 Å². The minimum atomic E-state index is -1.12. The Kier molecular flexibility index (Phi) is 28.2. The number of aliphatic hydroxyl groups is 3. The van der Waals surface area contributed by atoms with E-state index in [0.29, 0.717) is 56.3 Å². The van der Waals surface area contributed by atoms with E-state index in [9.17, 15) is 29.7 Å². The van der Waals surface area contributed by atoms with Gasteiger partial charge in [0, 0.05) is 32.9 Å². The number of methoxy groups -OCH3 is 1. The molecule has 0 saturated carbocycles. The van der Waals surface area contributed by atoms with Crippen molar-refractivity contribution in [2.24, 2.45) is 17.8 Å². The Balaban J connectivity index is 4.49. The molecule has 0 saturated heterocycles. The fourth-order valence-electron chi connectivity index (χ4n) is 5.75. The van der Waals surface area contributed by atoms with Gasteiger partial charge in [-0.25, -0.2) is 0 Å². The van der Waals surface area contributed by atoms with Crippen molar-refractivity contribution in [2.45, 2.75) is 160 Å². The molecule has 0 rings (SSSR count). The predicted molar refractivity (Wildman–Crippen MR) is 197 cm³/mol. The van der Waals surface area contributed by atoms with Gasteiger partial charge in [-0.3, -0.25) is 14.4 Å². The second-order valence-corrected chi connectivity index (χ2v) is 14.8. The van der Waals surface area contributed by atoms with Gasteiger partial charge >= 0.3 is 5.97 Å². The monoisotopic (exact) mass is 745 g/mol. The van der Waals surface area contributed by atoms with Crippen molar-refractivity contribution in [1.82, 2.24) is 5.32 Å². The molecule has 0 aromatic carbocycles. The largest absolute Gasteiger partial charge is 0.481 e. The fraction of sp³-hybridized carbons (Fsp3) is 0.816. The molecule has 0 radical (unpaired) electrons. The van der Waals surface area contributed by atoms with Crippen LogP contribution in [0.5, 0.6) is 0 Å². The Morgan fingerprint density at radius 2 is 1.52 bits per heavy atom. The third-order valence-electron chi connectivity index (χ3n) is 9.01. The number of carbonyl (C=O) groups is 3. The van der Waals surface area contributed by atoms with Gasteiger partial charge in [-0.15, -0.1) is 0 Å². The molecule has 1 unspecified atom stereocenters. The first kappa shape index (κ1) is 46.4. The first-order chi connectivity index (χ1) is 22.8. The standard InChI is InChI=1S/C38H68BrNO8/c1-6-8-9-10-21-34(39)37(45)40-26-33(42)25-36(44)35(43)23-22-31(27-48-5)18-13-16-30(7-2)17-14-20-32(41)19-12-11-15-28(3)24-29(4)38(46)47/h13,16,18,28-30,33-36,42-44H,6-12,14-15,17,19-27H2,1-5H3,(H,40,45)(H,46,47)/b16-13+,31-18-/t28-,29+,30+,33+,34?,35-,36+/m1/s1. The third-order valence-corrected chi connectivity index (χ3v) is 9.88. The molecular formula is C38H68BrNO8. The van der Waals surface area contributed by atoms with Crippen molar-refractivity contribution in [3.05, 3.63) is 23.8 Å². The number of carboxylic acid groups (broad SMARTS) is 1. The molecule has 48 heavy (non-hydrogen) atoms. The van der Waals surface area contributed by atoms with E-state index in [2.05, 4.69) is 48.1 Å². The first-order valence-electron chi connectivity index (χ1n) is 18.4. The SMILES string of the molecule is CCCCCCC(Br)C(=O)NC[C@@H](O)C[C@H](O)[C@H](O)CC/C(=C/C=C/[C@H](CC)CCCC(=O)CCCC[C@@H](C)C[C@H](C)C(=O)O)COC. The Morgan fingerprint density at radius 3 is 2.17 bits per heavy atom. The lowest BCUT2D eigenvalue weighted by Gasteiger charge is -2.22. The number of rotatable bonds is 31. The van der Waals surface area contributed by atoms with Crippen LogP contribution in [-0.2, 0) is 19.1 Å². The van der Waals surface area contributed by atoms with Gasteiger partial charge in [0.1, 0.15) is 5.78 Å². The Morgan fingerprint density at radius 1 is 0.833 bits per heavy atom. The van der Waals surface area contributed by atoms with E-state index in [1.807, 2.05) is 12.2 Å². The third kappa shape index (κ3) is 24.5. The molecule has 0 spiro atoms. The van der Waals surface area contributed by atoms with Gasteiger partial charge in [0.15, 0.2) is 0 Å². The molecule has 9 nitrogen and oxygen atoms in total. The van der Waals surface area contributed by atoms with Crippen LogP contribution in [0.1, 0.15) is 137 Å². The molecule has 0 heterocycles. The second kappa shape index (κ2) is 29.2. The molecule has 0 fully saturated rings.